The van der Waals surface area contributed by atoms with Gasteiger partial charge in [0.25, 0.3) is 0 Å². The van der Waals surface area contributed by atoms with Crippen LogP contribution < -0.4 is 10.6 Å². The van der Waals surface area contributed by atoms with Gasteiger partial charge in [0.05, 0.1) is 31.6 Å². The molecule has 1 aliphatic heterocycles. The van der Waals surface area contributed by atoms with Crippen LogP contribution in [0.4, 0.5) is 4.39 Å². The van der Waals surface area contributed by atoms with Gasteiger partial charge < -0.3 is 20.1 Å². The highest BCUT2D eigenvalue weighted by molar-refractivity contribution is 6.27. The topological polar surface area (TPSA) is 107 Å². The van der Waals surface area contributed by atoms with E-state index in [2.05, 4.69) is 20.7 Å². The van der Waals surface area contributed by atoms with E-state index in [4.69, 9.17) is 21.1 Å². The Morgan fingerprint density at radius 2 is 1.94 bits per heavy atom. The van der Waals surface area contributed by atoms with Crippen LogP contribution in [0, 0.1) is 5.82 Å². The molecule has 2 aromatic heterocycles. The van der Waals surface area contributed by atoms with Gasteiger partial charge in [-0.1, -0.05) is 6.07 Å². The standard InChI is InChI=1S/C21H25ClFN5O4/c1-14(15-2-3-17(24-11-15)28-13-16(23)12-25-28)26-19(30)20(27-18(29)10-22)4-6-21(7-5-20)31-8-9-32-21/h2-3,11-14H,4-10H2,1H3,(H,26,30)(H,27,29). The number of carbonyl (C=O) groups excluding carboxylic acids is 2. The van der Waals surface area contributed by atoms with Crippen LogP contribution >= 0.6 is 11.6 Å². The molecule has 1 saturated heterocycles. The van der Waals surface area contributed by atoms with Gasteiger partial charge in [0.2, 0.25) is 11.8 Å². The Bertz CT molecular complexity index is 967. The summed E-state index contributed by atoms with van der Waals surface area (Å²) in [6.45, 7) is 2.88. The van der Waals surface area contributed by atoms with Crippen LogP contribution in [0.25, 0.3) is 5.82 Å². The highest BCUT2D eigenvalue weighted by Gasteiger charge is 2.50. The van der Waals surface area contributed by atoms with Crippen LogP contribution in [0.5, 0.6) is 0 Å². The molecule has 1 atom stereocenters. The minimum absolute atomic E-state index is 0.234. The van der Waals surface area contributed by atoms with E-state index in [0.717, 1.165) is 11.8 Å². The second kappa shape index (κ2) is 9.13. The molecule has 4 rings (SSSR count). The van der Waals surface area contributed by atoms with Gasteiger partial charge in [-0.2, -0.15) is 5.10 Å². The number of nitrogens with one attached hydrogen (secondary N) is 2. The molecular weight excluding hydrogens is 441 g/mol. The second-order valence-corrected chi connectivity index (χ2v) is 8.39. The lowest BCUT2D eigenvalue weighted by Crippen LogP contribution is -2.62. The van der Waals surface area contributed by atoms with E-state index in [0.29, 0.717) is 44.7 Å². The summed E-state index contributed by atoms with van der Waals surface area (Å²) in [6.07, 6.45) is 5.65. The van der Waals surface area contributed by atoms with Crippen molar-refractivity contribution in [3.8, 4) is 5.82 Å². The number of pyridine rings is 1. The Hall–Kier alpha value is -2.56. The Morgan fingerprint density at radius 1 is 1.22 bits per heavy atom. The molecule has 1 aliphatic carbocycles. The summed E-state index contributed by atoms with van der Waals surface area (Å²) in [5, 5.41) is 9.68. The van der Waals surface area contributed by atoms with Gasteiger partial charge >= 0.3 is 0 Å². The van der Waals surface area contributed by atoms with Gasteiger partial charge in [0, 0.05) is 19.0 Å². The minimum Gasteiger partial charge on any atom is -0.348 e. The van der Waals surface area contributed by atoms with Gasteiger partial charge in [0.15, 0.2) is 17.4 Å². The molecule has 172 valence electrons. The third kappa shape index (κ3) is 4.62. The molecule has 3 heterocycles. The maximum Gasteiger partial charge on any atom is 0.246 e. The molecule has 2 amide bonds. The summed E-state index contributed by atoms with van der Waals surface area (Å²) in [7, 11) is 0. The molecule has 32 heavy (non-hydrogen) atoms. The molecule has 0 radical (unpaired) electrons. The zero-order valence-electron chi connectivity index (χ0n) is 17.6. The molecule has 2 aromatic rings. The number of hydrogen-bond acceptors (Lipinski definition) is 6. The third-order valence-corrected chi connectivity index (χ3v) is 6.26. The molecule has 0 bridgehead atoms. The summed E-state index contributed by atoms with van der Waals surface area (Å²) >= 11 is 5.70. The molecule has 1 spiro atoms. The lowest BCUT2D eigenvalue weighted by atomic mass is 9.77. The highest BCUT2D eigenvalue weighted by atomic mass is 35.5. The molecule has 0 aromatic carbocycles. The quantitative estimate of drug-likeness (QED) is 0.632. The monoisotopic (exact) mass is 465 g/mol. The van der Waals surface area contributed by atoms with Crippen molar-refractivity contribution in [1.29, 1.82) is 0 Å². The Kier molecular flexibility index (Phi) is 6.45. The van der Waals surface area contributed by atoms with Crippen molar-refractivity contribution >= 4 is 23.4 Å². The van der Waals surface area contributed by atoms with Crippen molar-refractivity contribution in [3.63, 3.8) is 0 Å². The van der Waals surface area contributed by atoms with Gasteiger partial charge in [-0.15, -0.1) is 11.6 Å². The largest absolute Gasteiger partial charge is 0.348 e. The minimum atomic E-state index is -1.10. The molecule has 2 aliphatic rings. The molecule has 2 fully saturated rings. The summed E-state index contributed by atoms with van der Waals surface area (Å²) in [5.41, 5.74) is -0.343. The van der Waals surface area contributed by atoms with Crippen molar-refractivity contribution in [3.05, 3.63) is 42.1 Å². The van der Waals surface area contributed by atoms with Crippen molar-refractivity contribution in [2.45, 2.75) is 50.0 Å². The zero-order valence-corrected chi connectivity index (χ0v) is 18.4. The number of aromatic nitrogens is 3. The molecule has 1 unspecified atom stereocenters. The molecule has 2 N–H and O–H groups in total. The van der Waals surface area contributed by atoms with Crippen molar-refractivity contribution in [2.24, 2.45) is 0 Å². The summed E-state index contributed by atoms with van der Waals surface area (Å²) in [5.74, 6) is -1.61. The second-order valence-electron chi connectivity index (χ2n) is 8.12. The zero-order chi connectivity index (χ0) is 22.8. The summed E-state index contributed by atoms with van der Waals surface area (Å²) in [6, 6.07) is 3.10. The number of amides is 2. The molecule has 1 saturated carbocycles. The number of nitrogens with zero attached hydrogens (tertiary/aromatic N) is 3. The van der Waals surface area contributed by atoms with E-state index < -0.39 is 23.1 Å². The van der Waals surface area contributed by atoms with E-state index in [9.17, 15) is 14.0 Å². The average Bonchev–Trinajstić information content (AvgIpc) is 3.45. The SMILES string of the molecule is CC(NC(=O)C1(NC(=O)CCl)CCC2(CC1)OCCO2)c1ccc(-n2cc(F)cn2)nc1. The number of ether oxygens (including phenoxy) is 2. The van der Waals surface area contributed by atoms with Crippen molar-refractivity contribution < 1.29 is 23.5 Å². The normalized spacial score (nSPS) is 20.1. The van der Waals surface area contributed by atoms with Crippen LogP contribution in [-0.2, 0) is 19.1 Å². The Balaban J connectivity index is 1.46. The van der Waals surface area contributed by atoms with Gasteiger partial charge in [-0.3, -0.25) is 9.59 Å². The Morgan fingerprint density at radius 3 is 2.50 bits per heavy atom. The molecule has 9 nitrogen and oxygen atoms in total. The maximum absolute atomic E-state index is 13.3. The van der Waals surface area contributed by atoms with Crippen LogP contribution in [0.2, 0.25) is 0 Å². The fourth-order valence-electron chi connectivity index (χ4n) is 4.19. The number of hydrogen-bond donors (Lipinski definition) is 2. The highest BCUT2D eigenvalue weighted by Crippen LogP contribution is 2.40. The predicted octanol–water partition coefficient (Wildman–Crippen LogP) is 1.99. The first kappa shape index (κ1) is 22.6. The van der Waals surface area contributed by atoms with E-state index in [1.54, 1.807) is 18.3 Å². The van der Waals surface area contributed by atoms with Crippen molar-refractivity contribution in [2.75, 3.05) is 19.1 Å². The first-order chi connectivity index (χ1) is 15.3. The lowest BCUT2D eigenvalue weighted by molar-refractivity contribution is -0.188. The fourth-order valence-corrected chi connectivity index (χ4v) is 4.25. The van der Waals surface area contributed by atoms with E-state index in [1.165, 1.54) is 10.9 Å². The van der Waals surface area contributed by atoms with Gasteiger partial charge in [-0.05, 0) is 31.4 Å². The Labute approximate surface area is 189 Å². The molecular formula is C21H25ClFN5O4. The van der Waals surface area contributed by atoms with Crippen LogP contribution in [0.15, 0.2) is 30.7 Å². The fraction of sp³-hybridized carbons (Fsp3) is 0.524. The first-order valence-corrected chi connectivity index (χ1v) is 11.0. The number of rotatable bonds is 6. The van der Waals surface area contributed by atoms with Crippen LogP contribution in [0.3, 0.4) is 0 Å². The van der Waals surface area contributed by atoms with Crippen molar-refractivity contribution in [1.82, 2.24) is 25.4 Å². The van der Waals surface area contributed by atoms with E-state index in [-0.39, 0.29) is 17.8 Å². The molecule has 11 heteroatoms. The lowest BCUT2D eigenvalue weighted by Gasteiger charge is -2.43. The van der Waals surface area contributed by atoms with E-state index >= 15 is 0 Å². The summed E-state index contributed by atoms with van der Waals surface area (Å²) in [4.78, 5) is 29.7. The number of halogens is 2. The van der Waals surface area contributed by atoms with Gasteiger partial charge in [0.1, 0.15) is 11.4 Å². The average molecular weight is 466 g/mol. The maximum atomic E-state index is 13.3. The third-order valence-electron chi connectivity index (χ3n) is 6.02. The number of carbonyl (C=O) groups is 2. The predicted molar refractivity (Wildman–Crippen MR) is 113 cm³/mol. The number of alkyl halides is 1. The van der Waals surface area contributed by atoms with Gasteiger partial charge in [-0.25, -0.2) is 14.1 Å². The smallest absolute Gasteiger partial charge is 0.246 e. The van der Waals surface area contributed by atoms with Crippen LogP contribution in [0.1, 0.15) is 44.2 Å². The van der Waals surface area contributed by atoms with Crippen LogP contribution in [-0.4, -0.2) is 57.0 Å². The summed E-state index contributed by atoms with van der Waals surface area (Å²) < 4.78 is 26.0. The first-order valence-electron chi connectivity index (χ1n) is 10.5. The van der Waals surface area contributed by atoms with E-state index in [1.807, 2.05) is 6.92 Å².